The van der Waals surface area contributed by atoms with E-state index in [1.165, 1.54) is 17.4 Å². The van der Waals surface area contributed by atoms with E-state index in [4.69, 9.17) is 0 Å². The third kappa shape index (κ3) is 5.15. The van der Waals surface area contributed by atoms with Gasteiger partial charge in [-0.15, -0.1) is 22.7 Å². The van der Waals surface area contributed by atoms with E-state index in [2.05, 4.69) is 26.8 Å². The summed E-state index contributed by atoms with van der Waals surface area (Å²) in [6.07, 6.45) is 6.25. The van der Waals surface area contributed by atoms with Gasteiger partial charge in [-0.1, -0.05) is 24.8 Å². The number of thiophene rings is 1. The summed E-state index contributed by atoms with van der Waals surface area (Å²) in [5.74, 6) is 0.264. The minimum absolute atomic E-state index is 0.131. The molecule has 2 N–H and O–H groups in total. The molecule has 198 valence electrons. The molecule has 38 heavy (non-hydrogen) atoms. The number of carbonyl (C=O) groups excluding carboxylic acids is 1. The maximum atomic E-state index is 13.6. The highest BCUT2D eigenvalue weighted by Crippen LogP contribution is 2.39. The zero-order chi connectivity index (χ0) is 26.3. The van der Waals surface area contributed by atoms with Gasteiger partial charge < -0.3 is 10.3 Å². The molecule has 6 rings (SSSR count). The molecule has 1 aliphatic heterocycles. The number of likely N-dealkylation sites (tertiary alicyclic amines) is 1. The van der Waals surface area contributed by atoms with Crippen molar-refractivity contribution in [3.8, 4) is 10.7 Å². The molecule has 2 aliphatic rings. The van der Waals surface area contributed by atoms with Crippen molar-refractivity contribution in [1.29, 1.82) is 0 Å². The number of nitrogens with one attached hydrogen (secondary N) is 2. The SMILES string of the molecule is C=CC(=O)NC1CCN(Cc2cnc(-c3cc4cccc(N(CC5CC5)S(=O)(=O)c5cccs5)c4[nH]3)s2)C1. The first kappa shape index (κ1) is 25.3. The predicted molar refractivity (Wildman–Crippen MR) is 153 cm³/mol. The van der Waals surface area contributed by atoms with Crippen LogP contribution >= 0.6 is 22.7 Å². The number of para-hydroxylation sites is 1. The number of thiazole rings is 1. The highest BCUT2D eigenvalue weighted by atomic mass is 32.2. The standard InChI is InChI=1S/C27H29N5O3S3/c1-2-24(33)29-20-10-11-31(16-20)17-21-14-28-27(37-21)22-13-19-5-3-6-23(26(19)30-22)32(15-18-8-9-18)38(34,35)25-7-4-12-36-25/h2-7,12-14,18,20,30H,1,8-11,15-17H2,(H,29,33). The van der Waals surface area contributed by atoms with E-state index >= 15 is 0 Å². The summed E-state index contributed by atoms with van der Waals surface area (Å²) in [5, 5.41) is 6.60. The third-order valence-electron chi connectivity index (χ3n) is 7.03. The van der Waals surface area contributed by atoms with Gasteiger partial charge in [0.1, 0.15) is 9.22 Å². The van der Waals surface area contributed by atoms with Crippen molar-refractivity contribution < 1.29 is 13.2 Å². The van der Waals surface area contributed by atoms with Crippen LogP contribution in [-0.2, 0) is 21.4 Å². The van der Waals surface area contributed by atoms with Gasteiger partial charge in [-0.3, -0.25) is 14.0 Å². The molecule has 0 spiro atoms. The lowest BCUT2D eigenvalue weighted by Gasteiger charge is -2.24. The van der Waals surface area contributed by atoms with Crippen molar-refractivity contribution in [2.75, 3.05) is 23.9 Å². The van der Waals surface area contributed by atoms with Crippen LogP contribution in [0.25, 0.3) is 21.6 Å². The van der Waals surface area contributed by atoms with E-state index in [0.29, 0.717) is 22.4 Å². The Hall–Kier alpha value is -2.99. The van der Waals surface area contributed by atoms with Crippen molar-refractivity contribution in [2.24, 2.45) is 5.92 Å². The topological polar surface area (TPSA) is 98.4 Å². The number of sulfonamides is 1. The fraction of sp³-hybridized carbons (Fsp3) is 0.333. The molecule has 1 unspecified atom stereocenters. The second-order valence-electron chi connectivity index (χ2n) is 9.90. The number of aromatic amines is 1. The third-order valence-corrected chi connectivity index (χ3v) is 11.2. The van der Waals surface area contributed by atoms with Crippen LogP contribution in [0.5, 0.6) is 0 Å². The van der Waals surface area contributed by atoms with Gasteiger partial charge in [0, 0.05) is 48.7 Å². The molecule has 2 fully saturated rings. The molecule has 11 heteroatoms. The van der Waals surface area contributed by atoms with Gasteiger partial charge >= 0.3 is 0 Å². The molecule has 1 aromatic carbocycles. The number of hydrogen-bond donors (Lipinski definition) is 2. The van der Waals surface area contributed by atoms with E-state index in [-0.39, 0.29) is 11.9 Å². The molecule has 0 radical (unpaired) electrons. The molecule has 4 aromatic rings. The fourth-order valence-corrected chi connectivity index (χ4v) is 8.51. The van der Waals surface area contributed by atoms with Crippen LogP contribution in [0.2, 0.25) is 0 Å². The van der Waals surface area contributed by atoms with E-state index < -0.39 is 10.0 Å². The molecule has 1 aliphatic carbocycles. The maximum absolute atomic E-state index is 13.6. The molecule has 0 bridgehead atoms. The summed E-state index contributed by atoms with van der Waals surface area (Å²) in [6.45, 7) is 6.50. The summed E-state index contributed by atoms with van der Waals surface area (Å²) in [6, 6.07) is 11.4. The van der Waals surface area contributed by atoms with E-state index in [1.807, 2.05) is 30.5 Å². The zero-order valence-corrected chi connectivity index (χ0v) is 23.2. The van der Waals surface area contributed by atoms with Gasteiger partial charge in [0.2, 0.25) is 5.91 Å². The Bertz CT molecular complexity index is 1570. The van der Waals surface area contributed by atoms with E-state index in [9.17, 15) is 13.2 Å². The normalized spacial score (nSPS) is 18.2. The lowest BCUT2D eigenvalue weighted by molar-refractivity contribution is -0.117. The first-order valence-corrected chi connectivity index (χ1v) is 15.8. The number of H-pyrrole nitrogens is 1. The molecule has 1 saturated heterocycles. The van der Waals surface area contributed by atoms with Crippen molar-refractivity contribution >= 4 is 55.2 Å². The molecule has 3 aromatic heterocycles. The summed E-state index contributed by atoms with van der Waals surface area (Å²) in [4.78, 5) is 23.2. The van der Waals surface area contributed by atoms with Crippen molar-refractivity contribution in [2.45, 2.75) is 36.1 Å². The molecular formula is C27H29N5O3S3. The van der Waals surface area contributed by atoms with Crippen LogP contribution in [0.3, 0.4) is 0 Å². The van der Waals surface area contributed by atoms with E-state index in [0.717, 1.165) is 65.4 Å². The number of rotatable bonds is 10. The quantitative estimate of drug-likeness (QED) is 0.268. The average molecular weight is 568 g/mol. The molecule has 8 nitrogen and oxygen atoms in total. The number of benzene rings is 1. The Balaban J connectivity index is 1.25. The van der Waals surface area contributed by atoms with Crippen molar-refractivity contribution in [3.05, 3.63) is 65.5 Å². The number of fused-ring (bicyclic) bond motifs is 1. The lowest BCUT2D eigenvalue weighted by Crippen LogP contribution is -2.35. The van der Waals surface area contributed by atoms with Gasteiger partial charge in [0.15, 0.2) is 0 Å². The van der Waals surface area contributed by atoms with Crippen LogP contribution in [-0.4, -0.2) is 54.9 Å². The van der Waals surface area contributed by atoms with Crippen LogP contribution in [0.15, 0.2) is 64.8 Å². The Morgan fingerprint density at radius 3 is 2.89 bits per heavy atom. The molecule has 4 heterocycles. The average Bonchev–Trinajstić information content (AvgIpc) is 3.39. The van der Waals surface area contributed by atoms with Gasteiger partial charge in [0.05, 0.1) is 16.9 Å². The number of anilines is 1. The lowest BCUT2D eigenvalue weighted by atomic mass is 10.2. The second-order valence-corrected chi connectivity index (χ2v) is 14.1. The minimum atomic E-state index is -3.65. The Morgan fingerprint density at radius 2 is 2.13 bits per heavy atom. The summed E-state index contributed by atoms with van der Waals surface area (Å²) < 4.78 is 29.2. The number of aromatic nitrogens is 2. The Labute approximate surface area is 230 Å². The van der Waals surface area contributed by atoms with Crippen LogP contribution < -0.4 is 9.62 Å². The summed E-state index contributed by atoms with van der Waals surface area (Å²) >= 11 is 2.88. The van der Waals surface area contributed by atoms with Crippen LogP contribution in [0.1, 0.15) is 24.1 Å². The molecule has 1 saturated carbocycles. The van der Waals surface area contributed by atoms with Crippen molar-refractivity contribution in [1.82, 2.24) is 20.2 Å². The Kier molecular flexibility index (Phi) is 6.85. The molecule has 1 amide bonds. The van der Waals surface area contributed by atoms with Crippen LogP contribution in [0.4, 0.5) is 5.69 Å². The van der Waals surface area contributed by atoms with Gasteiger partial charge in [-0.05, 0) is 54.8 Å². The second kappa shape index (κ2) is 10.3. The number of hydrogen-bond acceptors (Lipinski definition) is 7. The fourth-order valence-electron chi connectivity index (χ4n) is 4.92. The van der Waals surface area contributed by atoms with Gasteiger partial charge in [0.25, 0.3) is 10.0 Å². The van der Waals surface area contributed by atoms with Gasteiger partial charge in [-0.2, -0.15) is 0 Å². The zero-order valence-electron chi connectivity index (χ0n) is 20.8. The van der Waals surface area contributed by atoms with Gasteiger partial charge in [-0.25, -0.2) is 13.4 Å². The van der Waals surface area contributed by atoms with E-state index in [1.54, 1.807) is 33.2 Å². The summed E-state index contributed by atoms with van der Waals surface area (Å²) in [7, 11) is -3.65. The number of nitrogens with zero attached hydrogens (tertiary/aromatic N) is 3. The first-order valence-electron chi connectivity index (χ1n) is 12.7. The minimum Gasteiger partial charge on any atom is -0.351 e. The highest BCUT2D eigenvalue weighted by Gasteiger charge is 2.34. The Morgan fingerprint density at radius 1 is 1.26 bits per heavy atom. The predicted octanol–water partition coefficient (Wildman–Crippen LogP) is 4.83. The summed E-state index contributed by atoms with van der Waals surface area (Å²) in [5.41, 5.74) is 2.36. The smallest absolute Gasteiger partial charge is 0.273 e. The first-order chi connectivity index (χ1) is 18.4. The van der Waals surface area contributed by atoms with Crippen LogP contribution in [0, 0.1) is 5.92 Å². The number of amides is 1. The largest absolute Gasteiger partial charge is 0.351 e. The molecule has 1 atom stereocenters. The number of carbonyl (C=O) groups is 1. The van der Waals surface area contributed by atoms with Crippen molar-refractivity contribution in [3.63, 3.8) is 0 Å². The highest BCUT2D eigenvalue weighted by molar-refractivity contribution is 7.94. The maximum Gasteiger partial charge on any atom is 0.273 e. The monoisotopic (exact) mass is 567 g/mol. The molecular weight excluding hydrogens is 539 g/mol.